The van der Waals surface area contributed by atoms with Gasteiger partial charge in [-0.25, -0.2) is 19.4 Å². The smallest absolute Gasteiger partial charge is 0.194 e. The van der Waals surface area contributed by atoms with Crippen LogP contribution in [0.2, 0.25) is 0 Å². The van der Waals surface area contributed by atoms with Crippen LogP contribution in [0.25, 0.3) is 5.69 Å². The van der Waals surface area contributed by atoms with Crippen molar-refractivity contribution in [1.29, 1.82) is 0 Å². The van der Waals surface area contributed by atoms with Gasteiger partial charge in [-0.3, -0.25) is 0 Å². The summed E-state index contributed by atoms with van der Waals surface area (Å²) in [5.74, 6) is 1.19. The summed E-state index contributed by atoms with van der Waals surface area (Å²) in [4.78, 5) is 15.5. The minimum Gasteiger partial charge on any atom is -0.375 e. The van der Waals surface area contributed by atoms with E-state index in [4.69, 9.17) is 4.74 Å². The van der Waals surface area contributed by atoms with Crippen LogP contribution < -0.4 is 5.32 Å². The monoisotopic (exact) mass is 444 g/mol. The van der Waals surface area contributed by atoms with Crippen LogP contribution in [-0.4, -0.2) is 46.1 Å². The Morgan fingerprint density at radius 2 is 2.23 bits per heavy atom. The van der Waals surface area contributed by atoms with Crippen LogP contribution in [0.3, 0.4) is 0 Å². The van der Waals surface area contributed by atoms with Gasteiger partial charge in [-0.15, -0.1) is 11.3 Å². The molecule has 0 bridgehead atoms. The zero-order valence-electron chi connectivity index (χ0n) is 18.6. The van der Waals surface area contributed by atoms with Crippen molar-refractivity contribution in [2.75, 3.05) is 20.7 Å². The molecule has 1 unspecified atom stereocenters. The molecule has 2 heterocycles. The number of hydrogen-bond acceptors (Lipinski definition) is 5. The zero-order chi connectivity index (χ0) is 22.4. The molecule has 0 aliphatic heterocycles. The number of ether oxygens (including phenoxy) is 1. The van der Waals surface area contributed by atoms with E-state index < -0.39 is 0 Å². The van der Waals surface area contributed by atoms with Crippen molar-refractivity contribution >= 4 is 17.3 Å². The van der Waals surface area contributed by atoms with Crippen molar-refractivity contribution in [2.24, 2.45) is 4.99 Å². The number of thiazole rings is 1. The molecule has 1 aromatic carbocycles. The summed E-state index contributed by atoms with van der Waals surface area (Å²) in [6.07, 6.45) is 3.39. The van der Waals surface area contributed by atoms with E-state index in [0.717, 1.165) is 34.6 Å². The predicted octanol–water partition coefficient (Wildman–Crippen LogP) is 4.08. The number of benzene rings is 1. The number of halogens is 1. The summed E-state index contributed by atoms with van der Waals surface area (Å²) in [5, 5.41) is 6.28. The van der Waals surface area contributed by atoms with E-state index in [2.05, 4.69) is 20.3 Å². The molecule has 0 saturated carbocycles. The number of guanidine groups is 1. The van der Waals surface area contributed by atoms with Crippen molar-refractivity contribution in [1.82, 2.24) is 24.8 Å². The van der Waals surface area contributed by atoms with E-state index in [1.165, 1.54) is 6.07 Å². The summed E-state index contributed by atoms with van der Waals surface area (Å²) >= 11 is 1.59. The molecule has 1 N–H and O–H groups in total. The van der Waals surface area contributed by atoms with Gasteiger partial charge in [0.25, 0.3) is 0 Å². The van der Waals surface area contributed by atoms with Crippen molar-refractivity contribution in [3.05, 3.63) is 63.9 Å². The first-order valence-electron chi connectivity index (χ1n) is 10.2. The van der Waals surface area contributed by atoms with E-state index in [0.29, 0.717) is 18.8 Å². The second kappa shape index (κ2) is 10.5. The number of aryl methyl sites for hydroxylation is 1. The quantitative estimate of drug-likeness (QED) is 0.419. The van der Waals surface area contributed by atoms with Crippen molar-refractivity contribution in [2.45, 2.75) is 40.0 Å². The van der Waals surface area contributed by atoms with E-state index >= 15 is 0 Å². The number of rotatable bonds is 8. The molecule has 0 spiro atoms. The third kappa shape index (κ3) is 5.68. The molecular formula is C22H29FN6OS. The first-order valence-corrected chi connectivity index (χ1v) is 11.1. The molecule has 3 aromatic rings. The number of imidazole rings is 1. The molecule has 9 heteroatoms. The molecule has 0 amide bonds. The van der Waals surface area contributed by atoms with Crippen LogP contribution in [-0.2, 0) is 17.8 Å². The SMILES string of the molecule is CCNC(=NCc1ccc(-n2ccnc2C)c(F)c1)N(C)Cc1csc(C(C)OC)n1. The molecule has 3 rings (SSSR count). The van der Waals surface area contributed by atoms with Crippen LogP contribution in [0.1, 0.15) is 42.0 Å². The number of aromatic nitrogens is 3. The fourth-order valence-electron chi connectivity index (χ4n) is 3.11. The molecule has 0 saturated heterocycles. The fourth-order valence-corrected chi connectivity index (χ4v) is 3.96. The second-order valence-corrected chi connectivity index (χ2v) is 8.10. The van der Waals surface area contributed by atoms with Crippen LogP contribution in [0, 0.1) is 12.7 Å². The van der Waals surface area contributed by atoms with Gasteiger partial charge in [-0.1, -0.05) is 6.07 Å². The first-order chi connectivity index (χ1) is 14.9. The van der Waals surface area contributed by atoms with Crippen molar-refractivity contribution in [3.8, 4) is 5.69 Å². The highest BCUT2D eigenvalue weighted by molar-refractivity contribution is 7.09. The van der Waals surface area contributed by atoms with Gasteiger partial charge in [0.2, 0.25) is 0 Å². The molecule has 166 valence electrons. The molecule has 0 radical (unpaired) electrons. The minimum atomic E-state index is -0.297. The summed E-state index contributed by atoms with van der Waals surface area (Å²) in [6.45, 7) is 7.57. The van der Waals surface area contributed by atoms with Crippen LogP contribution in [0.5, 0.6) is 0 Å². The Balaban J connectivity index is 1.71. The van der Waals surface area contributed by atoms with Gasteiger partial charge in [0, 0.05) is 38.5 Å². The van der Waals surface area contributed by atoms with Crippen LogP contribution in [0.4, 0.5) is 4.39 Å². The molecule has 0 aliphatic carbocycles. The Kier molecular flexibility index (Phi) is 7.75. The minimum absolute atomic E-state index is 0.0186. The lowest BCUT2D eigenvalue weighted by atomic mass is 10.2. The topological polar surface area (TPSA) is 67.6 Å². The number of hydrogen-bond donors (Lipinski definition) is 1. The molecule has 0 aliphatic rings. The van der Waals surface area contributed by atoms with Crippen molar-refractivity contribution in [3.63, 3.8) is 0 Å². The zero-order valence-corrected chi connectivity index (χ0v) is 19.4. The van der Waals surface area contributed by atoms with Gasteiger partial charge < -0.3 is 19.5 Å². The lowest BCUT2D eigenvalue weighted by Crippen LogP contribution is -2.38. The Morgan fingerprint density at radius 1 is 1.42 bits per heavy atom. The van der Waals surface area contributed by atoms with Crippen LogP contribution >= 0.6 is 11.3 Å². The fraction of sp³-hybridized carbons (Fsp3) is 0.409. The maximum Gasteiger partial charge on any atom is 0.194 e. The Hall–Kier alpha value is -2.78. The molecule has 0 fully saturated rings. The Morgan fingerprint density at radius 3 is 2.87 bits per heavy atom. The highest BCUT2D eigenvalue weighted by Gasteiger charge is 2.13. The summed E-state index contributed by atoms with van der Waals surface area (Å²) < 4.78 is 21.7. The predicted molar refractivity (Wildman–Crippen MR) is 122 cm³/mol. The molecule has 31 heavy (non-hydrogen) atoms. The lowest BCUT2D eigenvalue weighted by Gasteiger charge is -2.21. The molecule has 7 nitrogen and oxygen atoms in total. The van der Waals surface area contributed by atoms with Gasteiger partial charge in [0.15, 0.2) is 5.96 Å². The van der Waals surface area contributed by atoms with Crippen LogP contribution in [0.15, 0.2) is 41.0 Å². The third-order valence-corrected chi connectivity index (χ3v) is 5.93. The van der Waals surface area contributed by atoms with Gasteiger partial charge in [-0.05, 0) is 38.5 Å². The average molecular weight is 445 g/mol. The van der Waals surface area contributed by atoms with Gasteiger partial charge >= 0.3 is 0 Å². The maximum absolute atomic E-state index is 14.7. The lowest BCUT2D eigenvalue weighted by molar-refractivity contribution is 0.119. The van der Waals surface area contributed by atoms with E-state index in [-0.39, 0.29) is 11.9 Å². The molecule has 2 aromatic heterocycles. The number of aliphatic imine (C=N–C) groups is 1. The molecular weight excluding hydrogens is 415 g/mol. The van der Waals surface area contributed by atoms with E-state index in [1.54, 1.807) is 41.5 Å². The highest BCUT2D eigenvalue weighted by Crippen LogP contribution is 2.21. The third-order valence-electron chi connectivity index (χ3n) is 4.88. The summed E-state index contributed by atoms with van der Waals surface area (Å²) in [6, 6.07) is 5.18. The maximum atomic E-state index is 14.7. The first kappa shape index (κ1) is 22.9. The van der Waals surface area contributed by atoms with Crippen molar-refractivity contribution < 1.29 is 9.13 Å². The van der Waals surface area contributed by atoms with Gasteiger partial charge in [-0.2, -0.15) is 0 Å². The Bertz CT molecular complexity index is 1030. The van der Waals surface area contributed by atoms with Gasteiger partial charge in [0.05, 0.1) is 24.5 Å². The Labute approximate surface area is 186 Å². The number of nitrogens with one attached hydrogen (secondary N) is 1. The normalized spacial score (nSPS) is 12.8. The standard InChI is InChI=1S/C22H29FN6OS/c1-6-24-22(28(4)13-18-14-31-21(27-18)15(2)30-5)26-12-17-7-8-20(19(23)11-17)29-10-9-25-16(29)3/h7-11,14-15H,6,12-13H2,1-5H3,(H,24,26). The molecule has 1 atom stereocenters. The second-order valence-electron chi connectivity index (χ2n) is 7.21. The number of methoxy groups -OCH3 is 1. The number of nitrogens with zero attached hydrogens (tertiary/aromatic N) is 5. The van der Waals surface area contributed by atoms with E-state index in [9.17, 15) is 4.39 Å². The average Bonchev–Trinajstić information content (AvgIpc) is 3.39. The largest absolute Gasteiger partial charge is 0.375 e. The van der Waals surface area contributed by atoms with Gasteiger partial charge in [0.1, 0.15) is 22.8 Å². The van der Waals surface area contributed by atoms with E-state index in [1.807, 2.05) is 44.2 Å². The summed E-state index contributed by atoms with van der Waals surface area (Å²) in [5.41, 5.74) is 2.24. The highest BCUT2D eigenvalue weighted by atomic mass is 32.1. The summed E-state index contributed by atoms with van der Waals surface area (Å²) in [7, 11) is 3.64.